The number of rotatable bonds is 5. The Hall–Kier alpha value is -1.84. The van der Waals surface area contributed by atoms with Gasteiger partial charge >= 0.3 is 0 Å². The fraction of sp³-hybridized carbons (Fsp3) is 0.588. The van der Waals surface area contributed by atoms with E-state index < -0.39 is 10.2 Å². The largest absolute Gasteiger partial charge is 0.281 e. The molecule has 142 valence electrons. The van der Waals surface area contributed by atoms with Crippen molar-refractivity contribution in [2.24, 2.45) is 0 Å². The predicted molar refractivity (Wildman–Crippen MR) is 99.8 cm³/mol. The molecular weight excluding hydrogens is 352 g/mol. The standard InChI is InChI=1S/C17H26N6O2S/c1-5-23-17(8-9-18-23)16-11-15(19-13(2)20-16)14-7-6-10-22(12-14)26(24,25)21(3)4/h8-9,11,14H,5-7,10,12H2,1-4H3/t14-/m0/s1. The molecule has 0 unspecified atom stereocenters. The van der Waals surface area contributed by atoms with Crippen LogP contribution in [-0.2, 0) is 16.8 Å². The van der Waals surface area contributed by atoms with Crippen LogP contribution in [0, 0.1) is 6.92 Å². The number of aromatic nitrogens is 4. The molecule has 0 aromatic carbocycles. The van der Waals surface area contributed by atoms with Crippen LogP contribution in [0.15, 0.2) is 18.3 Å². The third-order valence-electron chi connectivity index (χ3n) is 4.73. The van der Waals surface area contributed by atoms with Gasteiger partial charge in [-0.3, -0.25) is 4.68 Å². The van der Waals surface area contributed by atoms with E-state index >= 15 is 0 Å². The maximum atomic E-state index is 12.5. The minimum atomic E-state index is -3.41. The Balaban J connectivity index is 1.92. The lowest BCUT2D eigenvalue weighted by molar-refractivity contribution is 0.296. The van der Waals surface area contributed by atoms with Crippen LogP contribution in [0.4, 0.5) is 0 Å². The molecule has 3 heterocycles. The van der Waals surface area contributed by atoms with Crippen molar-refractivity contribution < 1.29 is 8.42 Å². The Morgan fingerprint density at radius 2 is 2.08 bits per heavy atom. The van der Waals surface area contributed by atoms with Crippen molar-refractivity contribution in [3.05, 3.63) is 29.8 Å². The molecular formula is C17H26N6O2S. The summed E-state index contributed by atoms with van der Waals surface area (Å²) in [6.07, 6.45) is 3.51. The molecule has 0 amide bonds. The fourth-order valence-electron chi connectivity index (χ4n) is 3.36. The number of aryl methyl sites for hydroxylation is 2. The maximum Gasteiger partial charge on any atom is 0.281 e. The summed E-state index contributed by atoms with van der Waals surface area (Å²) >= 11 is 0. The molecule has 1 fully saturated rings. The summed E-state index contributed by atoms with van der Waals surface area (Å²) < 4.78 is 29.7. The molecule has 2 aromatic rings. The molecule has 2 aromatic heterocycles. The first kappa shape index (κ1) is 18.9. The van der Waals surface area contributed by atoms with Crippen molar-refractivity contribution in [3.63, 3.8) is 0 Å². The fourth-order valence-corrected chi connectivity index (χ4v) is 4.55. The molecule has 1 aliphatic rings. The zero-order chi connectivity index (χ0) is 18.9. The van der Waals surface area contributed by atoms with Gasteiger partial charge in [0.05, 0.1) is 11.4 Å². The topological polar surface area (TPSA) is 84.2 Å². The van der Waals surface area contributed by atoms with Gasteiger partial charge in [-0.15, -0.1) is 0 Å². The van der Waals surface area contributed by atoms with Gasteiger partial charge in [0.1, 0.15) is 5.82 Å². The van der Waals surface area contributed by atoms with E-state index in [1.54, 1.807) is 24.6 Å². The summed E-state index contributed by atoms with van der Waals surface area (Å²) in [5.41, 5.74) is 2.68. The highest BCUT2D eigenvalue weighted by molar-refractivity contribution is 7.86. The molecule has 9 heteroatoms. The summed E-state index contributed by atoms with van der Waals surface area (Å²) in [4.78, 5) is 9.17. The van der Waals surface area contributed by atoms with E-state index in [-0.39, 0.29) is 5.92 Å². The summed E-state index contributed by atoms with van der Waals surface area (Å²) in [6.45, 7) is 5.67. The van der Waals surface area contributed by atoms with E-state index in [0.29, 0.717) is 18.9 Å². The monoisotopic (exact) mass is 378 g/mol. The minimum absolute atomic E-state index is 0.0666. The number of hydrogen-bond acceptors (Lipinski definition) is 5. The summed E-state index contributed by atoms with van der Waals surface area (Å²) in [5, 5.41) is 4.31. The highest BCUT2D eigenvalue weighted by atomic mass is 32.2. The van der Waals surface area contributed by atoms with E-state index in [9.17, 15) is 8.42 Å². The summed E-state index contributed by atoms with van der Waals surface area (Å²) in [6, 6.07) is 3.92. The lowest BCUT2D eigenvalue weighted by Gasteiger charge is -2.33. The van der Waals surface area contributed by atoms with Crippen LogP contribution in [0.2, 0.25) is 0 Å². The summed E-state index contributed by atoms with van der Waals surface area (Å²) in [7, 11) is -0.271. The van der Waals surface area contributed by atoms with Crippen molar-refractivity contribution in [1.82, 2.24) is 28.4 Å². The van der Waals surface area contributed by atoms with Gasteiger partial charge in [-0.1, -0.05) is 0 Å². The third kappa shape index (κ3) is 3.65. The normalized spacial score (nSPS) is 19.2. The molecule has 1 saturated heterocycles. The van der Waals surface area contributed by atoms with Crippen LogP contribution >= 0.6 is 0 Å². The van der Waals surface area contributed by atoms with Gasteiger partial charge in [-0.05, 0) is 38.8 Å². The Morgan fingerprint density at radius 3 is 2.77 bits per heavy atom. The Morgan fingerprint density at radius 1 is 1.31 bits per heavy atom. The van der Waals surface area contributed by atoms with E-state index in [0.717, 1.165) is 36.5 Å². The first-order chi connectivity index (χ1) is 12.3. The predicted octanol–water partition coefficient (Wildman–Crippen LogP) is 1.65. The molecule has 0 bridgehead atoms. The minimum Gasteiger partial charge on any atom is -0.264 e. The van der Waals surface area contributed by atoms with Crippen molar-refractivity contribution >= 4 is 10.2 Å². The second-order valence-corrected chi connectivity index (χ2v) is 8.89. The Labute approximate surface area is 155 Å². The molecule has 0 N–H and O–H groups in total. The first-order valence-electron chi connectivity index (χ1n) is 8.88. The zero-order valence-electron chi connectivity index (χ0n) is 15.8. The Kier molecular flexibility index (Phi) is 5.40. The van der Waals surface area contributed by atoms with E-state index in [1.807, 2.05) is 30.7 Å². The van der Waals surface area contributed by atoms with Gasteiger partial charge in [0, 0.05) is 51.5 Å². The van der Waals surface area contributed by atoms with Crippen molar-refractivity contribution in [2.45, 2.75) is 39.2 Å². The molecule has 3 rings (SSSR count). The second-order valence-electron chi connectivity index (χ2n) is 6.74. The van der Waals surface area contributed by atoms with Crippen LogP contribution < -0.4 is 0 Å². The summed E-state index contributed by atoms with van der Waals surface area (Å²) in [5.74, 6) is 0.755. The molecule has 1 aliphatic heterocycles. The van der Waals surface area contributed by atoms with Gasteiger partial charge in [-0.2, -0.15) is 22.1 Å². The second kappa shape index (κ2) is 7.42. The van der Waals surface area contributed by atoms with E-state index in [1.165, 1.54) is 4.31 Å². The quantitative estimate of drug-likeness (QED) is 0.790. The van der Waals surface area contributed by atoms with Crippen molar-refractivity contribution in [1.29, 1.82) is 0 Å². The number of piperidine rings is 1. The maximum absolute atomic E-state index is 12.5. The number of nitrogens with zero attached hydrogens (tertiary/aromatic N) is 6. The first-order valence-corrected chi connectivity index (χ1v) is 10.3. The van der Waals surface area contributed by atoms with Crippen LogP contribution in [0.3, 0.4) is 0 Å². The lowest BCUT2D eigenvalue weighted by atomic mass is 9.95. The average molecular weight is 379 g/mol. The molecule has 8 nitrogen and oxygen atoms in total. The van der Waals surface area contributed by atoms with Gasteiger partial charge in [0.15, 0.2) is 0 Å². The highest BCUT2D eigenvalue weighted by Crippen LogP contribution is 2.29. The molecule has 0 spiro atoms. The lowest BCUT2D eigenvalue weighted by Crippen LogP contribution is -2.45. The smallest absolute Gasteiger partial charge is 0.264 e. The van der Waals surface area contributed by atoms with Crippen molar-refractivity contribution in [3.8, 4) is 11.4 Å². The van der Waals surface area contributed by atoms with Gasteiger partial charge in [0.25, 0.3) is 10.2 Å². The molecule has 26 heavy (non-hydrogen) atoms. The van der Waals surface area contributed by atoms with Gasteiger partial charge in [0.2, 0.25) is 0 Å². The van der Waals surface area contributed by atoms with Crippen LogP contribution in [0.25, 0.3) is 11.4 Å². The highest BCUT2D eigenvalue weighted by Gasteiger charge is 2.32. The molecule has 0 aliphatic carbocycles. The molecule has 1 atom stereocenters. The van der Waals surface area contributed by atoms with Crippen LogP contribution in [-0.4, -0.2) is 64.0 Å². The molecule has 0 saturated carbocycles. The van der Waals surface area contributed by atoms with Gasteiger partial charge < -0.3 is 0 Å². The SMILES string of the molecule is CCn1nccc1-c1cc([C@H]2CCCN(S(=O)(=O)N(C)C)C2)nc(C)n1. The van der Waals surface area contributed by atoms with Crippen LogP contribution in [0.5, 0.6) is 0 Å². The van der Waals surface area contributed by atoms with E-state index in [4.69, 9.17) is 0 Å². The van der Waals surface area contributed by atoms with E-state index in [2.05, 4.69) is 15.1 Å². The number of hydrogen-bond donors (Lipinski definition) is 0. The van der Waals surface area contributed by atoms with Gasteiger partial charge in [-0.25, -0.2) is 9.97 Å². The Bertz CT molecular complexity index is 877. The molecule has 0 radical (unpaired) electrons. The average Bonchev–Trinajstić information content (AvgIpc) is 3.10. The third-order valence-corrected chi connectivity index (χ3v) is 6.63. The van der Waals surface area contributed by atoms with Crippen molar-refractivity contribution in [2.75, 3.05) is 27.2 Å². The van der Waals surface area contributed by atoms with Crippen LogP contribution in [0.1, 0.15) is 37.2 Å². The zero-order valence-corrected chi connectivity index (χ0v) is 16.6.